The first-order valence-corrected chi connectivity index (χ1v) is 8.93. The van der Waals surface area contributed by atoms with E-state index in [9.17, 15) is 0 Å². The Labute approximate surface area is 162 Å². The fourth-order valence-corrected chi connectivity index (χ4v) is 3.65. The monoisotopic (exact) mass is 377 g/mol. The van der Waals surface area contributed by atoms with E-state index in [0.717, 1.165) is 49.6 Å². The summed E-state index contributed by atoms with van der Waals surface area (Å²) < 4.78 is 16.9. The molecule has 1 heterocycles. The Morgan fingerprint density at radius 2 is 1.54 bits per heavy atom. The van der Waals surface area contributed by atoms with Crippen molar-refractivity contribution in [3.8, 4) is 11.5 Å². The predicted octanol–water partition coefficient (Wildman–Crippen LogP) is -0.480. The number of rotatable bonds is 7. The van der Waals surface area contributed by atoms with Crippen molar-refractivity contribution in [3.63, 3.8) is 0 Å². The summed E-state index contributed by atoms with van der Waals surface area (Å²) in [4.78, 5) is 0. The first-order chi connectivity index (χ1) is 12.3. The number of hydrogen-bond donors (Lipinski definition) is 1. The van der Waals surface area contributed by atoms with Crippen LogP contribution in [0.3, 0.4) is 0 Å². The van der Waals surface area contributed by atoms with Crippen molar-refractivity contribution < 1.29 is 31.9 Å². The molecule has 0 bridgehead atoms. The van der Waals surface area contributed by atoms with Gasteiger partial charge in [0, 0.05) is 24.3 Å². The average Bonchev–Trinajstić information content (AvgIpc) is 2.69. The lowest BCUT2D eigenvalue weighted by atomic mass is 9.74. The normalized spacial score (nSPS) is 15.8. The van der Waals surface area contributed by atoms with E-state index >= 15 is 0 Å². The number of nitrogens with two attached hydrogens (primary N) is 1. The molecule has 3 rings (SSSR count). The van der Waals surface area contributed by atoms with Gasteiger partial charge in [-0.3, -0.25) is 0 Å². The topological polar surface area (TPSA) is 44.3 Å². The minimum Gasteiger partial charge on any atom is -1.00 e. The zero-order valence-corrected chi connectivity index (χ0v) is 16.3. The van der Waals surface area contributed by atoms with Crippen LogP contribution in [0.1, 0.15) is 24.0 Å². The number of halogens is 1. The Balaban J connectivity index is 0.00000243. The van der Waals surface area contributed by atoms with Gasteiger partial charge in [0.05, 0.1) is 40.5 Å². The van der Waals surface area contributed by atoms with E-state index in [1.54, 1.807) is 14.2 Å². The highest BCUT2D eigenvalue weighted by Gasteiger charge is 2.35. The summed E-state index contributed by atoms with van der Waals surface area (Å²) in [6.07, 6.45) is 2.30. The van der Waals surface area contributed by atoms with Crippen molar-refractivity contribution >= 4 is 0 Å². The molecule has 0 spiro atoms. The van der Waals surface area contributed by atoms with Gasteiger partial charge in [0.1, 0.15) is 11.5 Å². The van der Waals surface area contributed by atoms with Gasteiger partial charge in [0.25, 0.3) is 0 Å². The molecule has 0 radical (unpaired) electrons. The van der Waals surface area contributed by atoms with Crippen LogP contribution in [-0.4, -0.2) is 33.9 Å². The van der Waals surface area contributed by atoms with Crippen molar-refractivity contribution in [2.75, 3.05) is 33.9 Å². The Hall–Kier alpha value is -1.75. The molecule has 1 fully saturated rings. The molecule has 1 saturated heterocycles. The highest BCUT2D eigenvalue weighted by atomic mass is 35.5. The maximum atomic E-state index is 6.19. The second-order valence-corrected chi connectivity index (χ2v) is 6.73. The molecule has 0 aliphatic carbocycles. The second-order valence-electron chi connectivity index (χ2n) is 6.73. The molecule has 2 N–H and O–H groups in total. The molecule has 5 heteroatoms. The van der Waals surface area contributed by atoms with E-state index in [4.69, 9.17) is 14.2 Å². The van der Waals surface area contributed by atoms with Gasteiger partial charge in [-0.05, 0) is 23.3 Å². The molecule has 1 aliphatic rings. The Kier molecular flexibility index (Phi) is 7.76. The van der Waals surface area contributed by atoms with Crippen LogP contribution in [0.2, 0.25) is 0 Å². The zero-order chi connectivity index (χ0) is 17.5. The first-order valence-electron chi connectivity index (χ1n) is 8.93. The fraction of sp³-hybridized carbons (Fsp3) is 0.429. The van der Waals surface area contributed by atoms with Gasteiger partial charge in [-0.15, -0.1) is 0 Å². The Morgan fingerprint density at radius 3 is 2.12 bits per heavy atom. The third-order valence-electron chi connectivity index (χ3n) is 5.10. The summed E-state index contributed by atoms with van der Waals surface area (Å²) in [5.41, 5.74) is 2.59. The van der Waals surface area contributed by atoms with E-state index in [2.05, 4.69) is 35.6 Å². The van der Waals surface area contributed by atoms with Crippen LogP contribution in [0.5, 0.6) is 11.5 Å². The number of methoxy groups -OCH3 is 2. The van der Waals surface area contributed by atoms with Crippen LogP contribution < -0.4 is 27.2 Å². The number of benzene rings is 2. The zero-order valence-electron chi connectivity index (χ0n) is 15.5. The molecule has 2 aromatic rings. The summed E-state index contributed by atoms with van der Waals surface area (Å²) in [7, 11) is 3.34. The van der Waals surface area contributed by atoms with Gasteiger partial charge in [0.2, 0.25) is 0 Å². The van der Waals surface area contributed by atoms with Crippen molar-refractivity contribution in [1.29, 1.82) is 0 Å². The molecule has 0 aromatic heterocycles. The summed E-state index contributed by atoms with van der Waals surface area (Å²) in [6, 6.07) is 16.7. The van der Waals surface area contributed by atoms with E-state index in [1.807, 2.05) is 18.2 Å². The summed E-state index contributed by atoms with van der Waals surface area (Å²) >= 11 is 0. The van der Waals surface area contributed by atoms with E-state index in [-0.39, 0.29) is 17.8 Å². The molecular formula is C21H28ClNO3. The van der Waals surface area contributed by atoms with Crippen molar-refractivity contribution in [2.24, 2.45) is 0 Å². The predicted molar refractivity (Wildman–Crippen MR) is 98.2 cm³/mol. The quantitative estimate of drug-likeness (QED) is 0.709. The fourth-order valence-electron chi connectivity index (χ4n) is 3.65. The number of quaternary nitrogens is 1. The van der Waals surface area contributed by atoms with Crippen LogP contribution in [0.4, 0.5) is 0 Å². The van der Waals surface area contributed by atoms with Gasteiger partial charge in [-0.1, -0.05) is 30.3 Å². The molecule has 4 nitrogen and oxygen atoms in total. The van der Waals surface area contributed by atoms with Gasteiger partial charge < -0.3 is 31.9 Å². The van der Waals surface area contributed by atoms with Crippen LogP contribution in [0.15, 0.2) is 48.5 Å². The van der Waals surface area contributed by atoms with Crippen LogP contribution in [-0.2, 0) is 16.8 Å². The molecule has 1 aliphatic heterocycles. The molecule has 0 amide bonds. The van der Waals surface area contributed by atoms with Crippen molar-refractivity contribution in [3.05, 3.63) is 59.7 Å². The molecule has 142 valence electrons. The third kappa shape index (κ3) is 4.91. The van der Waals surface area contributed by atoms with Crippen LogP contribution >= 0.6 is 0 Å². The highest BCUT2D eigenvalue weighted by molar-refractivity contribution is 5.38. The van der Waals surface area contributed by atoms with Gasteiger partial charge in [0.15, 0.2) is 0 Å². The van der Waals surface area contributed by atoms with Crippen molar-refractivity contribution in [1.82, 2.24) is 0 Å². The molecule has 0 saturated carbocycles. The lowest BCUT2D eigenvalue weighted by Gasteiger charge is -2.36. The van der Waals surface area contributed by atoms with E-state index in [0.29, 0.717) is 6.61 Å². The summed E-state index contributed by atoms with van der Waals surface area (Å²) in [5, 5.41) is 2.40. The first kappa shape index (κ1) is 20.6. The van der Waals surface area contributed by atoms with Gasteiger partial charge in [-0.25, -0.2) is 0 Å². The third-order valence-corrected chi connectivity index (χ3v) is 5.10. The highest BCUT2D eigenvalue weighted by Crippen LogP contribution is 2.33. The largest absolute Gasteiger partial charge is 1.00 e. The summed E-state index contributed by atoms with van der Waals surface area (Å²) in [5.74, 6) is 1.59. The average molecular weight is 378 g/mol. The number of piperidine rings is 1. The minimum atomic E-state index is 0. The smallest absolute Gasteiger partial charge is 0.122 e. The van der Waals surface area contributed by atoms with Gasteiger partial charge >= 0.3 is 0 Å². The number of hydrogen-bond acceptors (Lipinski definition) is 3. The van der Waals surface area contributed by atoms with Crippen LogP contribution in [0, 0.1) is 0 Å². The minimum absolute atomic E-state index is 0. The van der Waals surface area contributed by atoms with Crippen molar-refractivity contribution in [2.45, 2.75) is 24.9 Å². The Morgan fingerprint density at radius 1 is 0.923 bits per heavy atom. The second kappa shape index (κ2) is 9.81. The molecule has 2 aromatic carbocycles. The summed E-state index contributed by atoms with van der Waals surface area (Å²) in [6.45, 7) is 3.62. The Bertz CT molecular complexity index is 650. The molecule has 26 heavy (non-hydrogen) atoms. The van der Waals surface area contributed by atoms with Crippen LogP contribution in [0.25, 0.3) is 0 Å². The molecule has 0 unspecified atom stereocenters. The lowest BCUT2D eigenvalue weighted by Crippen LogP contribution is -3.00. The molecule has 0 atom stereocenters. The maximum Gasteiger partial charge on any atom is 0.122 e. The SMILES string of the molecule is COc1cc(COCC2(c3ccccc3)CC[NH2+]CC2)cc(OC)c1.[Cl-]. The van der Waals surface area contributed by atoms with E-state index < -0.39 is 0 Å². The van der Waals surface area contributed by atoms with E-state index in [1.165, 1.54) is 5.56 Å². The molecular weight excluding hydrogens is 350 g/mol. The maximum absolute atomic E-state index is 6.19. The standard InChI is InChI=1S/C21H27NO3.ClH/c1-23-19-12-17(13-20(14-19)24-2)15-25-16-21(8-10-22-11-9-21)18-6-4-3-5-7-18;/h3-7,12-14,22H,8-11,15-16H2,1-2H3;1H. The van der Waals surface area contributed by atoms with Gasteiger partial charge in [-0.2, -0.15) is 0 Å². The number of ether oxygens (including phenoxy) is 3. The lowest BCUT2D eigenvalue weighted by molar-refractivity contribution is -0.666.